The summed E-state index contributed by atoms with van der Waals surface area (Å²) in [6.07, 6.45) is 8.50. The van der Waals surface area contributed by atoms with Crippen LogP contribution in [-0.2, 0) is 12.8 Å². The molecular formula is C16H20N2. The van der Waals surface area contributed by atoms with Gasteiger partial charge in [-0.25, -0.2) is 0 Å². The van der Waals surface area contributed by atoms with Crippen LogP contribution in [0.3, 0.4) is 0 Å². The van der Waals surface area contributed by atoms with Gasteiger partial charge in [0.2, 0.25) is 0 Å². The van der Waals surface area contributed by atoms with Crippen LogP contribution in [0.1, 0.15) is 30.4 Å². The summed E-state index contributed by atoms with van der Waals surface area (Å²) < 4.78 is 0. The summed E-state index contributed by atoms with van der Waals surface area (Å²) in [4.78, 5) is 4.41. The molecule has 94 valence electrons. The molecule has 0 aromatic heterocycles. The predicted molar refractivity (Wildman–Crippen MR) is 73.9 cm³/mol. The topological polar surface area (TPSA) is 24.4 Å². The van der Waals surface area contributed by atoms with Crippen LogP contribution < -0.4 is 5.32 Å². The molecule has 3 aliphatic rings. The van der Waals surface area contributed by atoms with E-state index >= 15 is 0 Å². The standard InChI is InChI=1S/C16H20N2/c1-2-4-13-8-15-9-16(10-17-11-18-16)6-5-14(15)7-12(13)3-1/h1-4,11,14-15H,5-10H2,(H,17,18)/t14-,15+,16+/m0/s1. The lowest BCUT2D eigenvalue weighted by atomic mass is 9.63. The molecule has 0 amide bonds. The number of aliphatic imine (C=N–C) groups is 1. The molecule has 1 aromatic carbocycles. The van der Waals surface area contributed by atoms with E-state index in [-0.39, 0.29) is 0 Å². The fourth-order valence-electron chi connectivity index (χ4n) is 4.22. The summed E-state index contributed by atoms with van der Waals surface area (Å²) >= 11 is 0. The van der Waals surface area contributed by atoms with Crippen molar-refractivity contribution in [2.24, 2.45) is 16.8 Å². The second-order valence-electron chi connectivity index (χ2n) is 6.33. The first-order chi connectivity index (χ1) is 8.85. The van der Waals surface area contributed by atoms with E-state index in [1.807, 2.05) is 6.34 Å². The summed E-state index contributed by atoms with van der Waals surface area (Å²) in [6, 6.07) is 9.03. The Morgan fingerprint density at radius 1 is 1.11 bits per heavy atom. The van der Waals surface area contributed by atoms with E-state index in [2.05, 4.69) is 34.6 Å². The lowest BCUT2D eigenvalue weighted by Gasteiger charge is -2.45. The minimum absolute atomic E-state index is 0.313. The van der Waals surface area contributed by atoms with E-state index in [0.29, 0.717) is 5.54 Å². The maximum absolute atomic E-state index is 4.41. The number of hydrogen-bond acceptors (Lipinski definition) is 2. The Hall–Kier alpha value is -1.31. The average molecular weight is 240 g/mol. The number of fused-ring (bicyclic) bond motifs is 2. The van der Waals surface area contributed by atoms with Gasteiger partial charge in [0.25, 0.3) is 0 Å². The van der Waals surface area contributed by atoms with Crippen molar-refractivity contribution in [1.29, 1.82) is 0 Å². The summed E-state index contributed by atoms with van der Waals surface area (Å²) in [6.45, 7) is 0.998. The van der Waals surface area contributed by atoms with Crippen molar-refractivity contribution in [1.82, 2.24) is 5.32 Å². The van der Waals surface area contributed by atoms with E-state index in [0.717, 1.165) is 18.4 Å². The van der Waals surface area contributed by atoms with Gasteiger partial charge >= 0.3 is 0 Å². The van der Waals surface area contributed by atoms with Crippen molar-refractivity contribution in [2.45, 2.75) is 37.6 Å². The van der Waals surface area contributed by atoms with Gasteiger partial charge in [0, 0.05) is 0 Å². The quantitative estimate of drug-likeness (QED) is 0.740. The van der Waals surface area contributed by atoms with Crippen molar-refractivity contribution in [3.63, 3.8) is 0 Å². The molecule has 1 spiro atoms. The molecule has 1 N–H and O–H groups in total. The highest BCUT2D eigenvalue weighted by Crippen LogP contribution is 2.44. The highest BCUT2D eigenvalue weighted by Gasteiger charge is 2.43. The summed E-state index contributed by atoms with van der Waals surface area (Å²) in [5, 5.41) is 3.54. The normalized spacial score (nSPS) is 37.1. The van der Waals surface area contributed by atoms with Gasteiger partial charge in [-0.15, -0.1) is 0 Å². The third-order valence-electron chi connectivity index (χ3n) is 5.25. The Labute approximate surface area is 109 Å². The lowest BCUT2D eigenvalue weighted by Crippen LogP contribution is -2.50. The Bertz CT molecular complexity index is 484. The van der Waals surface area contributed by atoms with Crippen LogP contribution in [0.15, 0.2) is 29.3 Å². The largest absolute Gasteiger partial charge is 0.369 e. The number of rotatable bonds is 0. The van der Waals surface area contributed by atoms with Gasteiger partial charge in [-0.05, 0) is 55.1 Å². The second-order valence-corrected chi connectivity index (χ2v) is 6.33. The van der Waals surface area contributed by atoms with Gasteiger partial charge in [-0.3, -0.25) is 4.99 Å². The molecule has 3 atom stereocenters. The maximum Gasteiger partial charge on any atom is 0.0829 e. The lowest BCUT2D eigenvalue weighted by molar-refractivity contribution is 0.140. The fraction of sp³-hybridized carbons (Fsp3) is 0.562. The molecule has 0 bridgehead atoms. The van der Waals surface area contributed by atoms with Crippen LogP contribution in [0.5, 0.6) is 0 Å². The van der Waals surface area contributed by atoms with Gasteiger partial charge in [0.05, 0.1) is 18.4 Å². The molecule has 1 aliphatic heterocycles. The van der Waals surface area contributed by atoms with Gasteiger partial charge in [-0.2, -0.15) is 0 Å². The van der Waals surface area contributed by atoms with Gasteiger partial charge in [0.1, 0.15) is 0 Å². The van der Waals surface area contributed by atoms with Gasteiger partial charge < -0.3 is 5.32 Å². The van der Waals surface area contributed by atoms with Crippen LogP contribution in [0.2, 0.25) is 0 Å². The third kappa shape index (κ3) is 1.58. The maximum atomic E-state index is 4.41. The molecule has 1 fully saturated rings. The molecule has 1 saturated carbocycles. The molecule has 2 nitrogen and oxygen atoms in total. The second kappa shape index (κ2) is 3.84. The summed E-state index contributed by atoms with van der Waals surface area (Å²) in [5.74, 6) is 1.77. The molecule has 2 aliphatic carbocycles. The van der Waals surface area contributed by atoms with E-state index in [4.69, 9.17) is 0 Å². The Balaban J connectivity index is 1.59. The van der Waals surface area contributed by atoms with Crippen LogP contribution in [-0.4, -0.2) is 18.4 Å². The number of hydrogen-bond donors (Lipinski definition) is 1. The Morgan fingerprint density at radius 3 is 2.61 bits per heavy atom. The van der Waals surface area contributed by atoms with E-state index in [1.54, 1.807) is 11.1 Å². The minimum atomic E-state index is 0.313. The predicted octanol–water partition coefficient (Wildman–Crippen LogP) is 2.57. The third-order valence-corrected chi connectivity index (χ3v) is 5.25. The molecule has 0 radical (unpaired) electrons. The van der Waals surface area contributed by atoms with Crippen LogP contribution in [0.25, 0.3) is 0 Å². The molecule has 1 heterocycles. The number of nitrogens with zero attached hydrogens (tertiary/aromatic N) is 1. The van der Waals surface area contributed by atoms with Crippen molar-refractivity contribution in [2.75, 3.05) is 6.54 Å². The zero-order valence-corrected chi connectivity index (χ0v) is 10.7. The van der Waals surface area contributed by atoms with Gasteiger partial charge in [0.15, 0.2) is 0 Å². The van der Waals surface area contributed by atoms with Crippen molar-refractivity contribution in [3.05, 3.63) is 35.4 Å². The molecular weight excluding hydrogens is 220 g/mol. The van der Waals surface area contributed by atoms with Gasteiger partial charge in [-0.1, -0.05) is 24.3 Å². The first-order valence-electron chi connectivity index (χ1n) is 7.17. The first kappa shape index (κ1) is 10.6. The van der Waals surface area contributed by atoms with Crippen LogP contribution >= 0.6 is 0 Å². The molecule has 18 heavy (non-hydrogen) atoms. The van der Waals surface area contributed by atoms with E-state index < -0.39 is 0 Å². The van der Waals surface area contributed by atoms with E-state index in [9.17, 15) is 0 Å². The monoisotopic (exact) mass is 240 g/mol. The smallest absolute Gasteiger partial charge is 0.0829 e. The zero-order chi connectivity index (χ0) is 12.0. The SMILES string of the molecule is C1=NC[C@]2(CC[C@H]3Cc4ccccc4C[C@@H]3C2)N1. The number of benzene rings is 1. The van der Waals surface area contributed by atoms with Crippen LogP contribution in [0, 0.1) is 11.8 Å². The summed E-state index contributed by atoms with van der Waals surface area (Å²) in [5.41, 5.74) is 3.51. The highest BCUT2D eigenvalue weighted by molar-refractivity contribution is 5.59. The fourth-order valence-corrected chi connectivity index (χ4v) is 4.22. The van der Waals surface area contributed by atoms with Crippen molar-refractivity contribution < 1.29 is 0 Å². The first-order valence-corrected chi connectivity index (χ1v) is 7.17. The minimum Gasteiger partial charge on any atom is -0.369 e. The average Bonchev–Trinajstić information content (AvgIpc) is 2.85. The molecule has 1 aromatic rings. The Morgan fingerprint density at radius 2 is 1.89 bits per heavy atom. The van der Waals surface area contributed by atoms with E-state index in [1.165, 1.54) is 32.1 Å². The molecule has 0 unspecified atom stereocenters. The Kier molecular flexibility index (Phi) is 2.26. The number of nitrogens with one attached hydrogen (secondary N) is 1. The van der Waals surface area contributed by atoms with Crippen molar-refractivity contribution >= 4 is 6.34 Å². The van der Waals surface area contributed by atoms with Crippen LogP contribution in [0.4, 0.5) is 0 Å². The van der Waals surface area contributed by atoms with Crippen molar-refractivity contribution in [3.8, 4) is 0 Å². The zero-order valence-electron chi connectivity index (χ0n) is 10.7. The molecule has 0 saturated heterocycles. The molecule has 2 heteroatoms. The highest BCUT2D eigenvalue weighted by atomic mass is 15.1. The molecule has 4 rings (SSSR count). The summed E-state index contributed by atoms with van der Waals surface area (Å²) in [7, 11) is 0.